The zero-order valence-corrected chi connectivity index (χ0v) is 10.5. The lowest BCUT2D eigenvalue weighted by molar-refractivity contribution is -0.132. The molecule has 0 saturated carbocycles. The van der Waals surface area contributed by atoms with Crippen LogP contribution >= 0.6 is 0 Å². The molecule has 0 saturated heterocycles. The van der Waals surface area contributed by atoms with Crippen molar-refractivity contribution < 1.29 is 10.0 Å². The summed E-state index contributed by atoms with van der Waals surface area (Å²) >= 11 is 0. The smallest absolute Gasteiger partial charge is 0.233 e. The van der Waals surface area contributed by atoms with Gasteiger partial charge in [-0.25, -0.2) is 0 Å². The molecular weight excluding hydrogens is 208 g/mol. The molecular formula is C10H22N4O2. The first-order valence-corrected chi connectivity index (χ1v) is 5.31. The average molecular weight is 230 g/mol. The monoisotopic (exact) mass is 230 g/mol. The molecule has 0 aromatic carbocycles. The Morgan fingerprint density at radius 2 is 1.94 bits per heavy atom. The van der Waals surface area contributed by atoms with Crippen LogP contribution in [0, 0.1) is 5.92 Å². The number of carbonyl (C=O) groups is 1. The first kappa shape index (κ1) is 14.7. The van der Waals surface area contributed by atoms with Gasteiger partial charge in [-0.05, 0) is 20.5 Å². The number of rotatable bonds is 6. The summed E-state index contributed by atoms with van der Waals surface area (Å²) < 4.78 is 0. The number of oxime groups is 1. The molecule has 0 spiro atoms. The molecule has 6 nitrogen and oxygen atoms in total. The van der Waals surface area contributed by atoms with Gasteiger partial charge in [-0.15, -0.1) is 0 Å². The molecule has 3 N–H and O–H groups in total. The number of amidine groups is 1. The Hall–Kier alpha value is -1.30. The van der Waals surface area contributed by atoms with Gasteiger partial charge >= 0.3 is 0 Å². The highest BCUT2D eigenvalue weighted by molar-refractivity contribution is 6.01. The van der Waals surface area contributed by atoms with Gasteiger partial charge < -0.3 is 20.7 Å². The van der Waals surface area contributed by atoms with Gasteiger partial charge in [-0.2, -0.15) is 0 Å². The Morgan fingerprint density at radius 3 is 2.31 bits per heavy atom. The fourth-order valence-electron chi connectivity index (χ4n) is 1.31. The van der Waals surface area contributed by atoms with E-state index in [0.717, 1.165) is 6.54 Å². The van der Waals surface area contributed by atoms with E-state index in [9.17, 15) is 4.79 Å². The van der Waals surface area contributed by atoms with E-state index in [0.29, 0.717) is 13.0 Å². The standard InChI is InChI=1S/C10H22N4O2/c1-5-8(9(11)12-16)10(15)14(4)7-6-13(2)3/h8,16H,5-7H2,1-4H3,(H2,11,12). The van der Waals surface area contributed by atoms with Crippen LogP contribution in [0.1, 0.15) is 13.3 Å². The van der Waals surface area contributed by atoms with E-state index >= 15 is 0 Å². The number of amides is 1. The Morgan fingerprint density at radius 1 is 1.38 bits per heavy atom. The lowest BCUT2D eigenvalue weighted by atomic mass is 10.0. The molecule has 0 fully saturated rings. The van der Waals surface area contributed by atoms with Crippen molar-refractivity contribution in [1.29, 1.82) is 0 Å². The summed E-state index contributed by atoms with van der Waals surface area (Å²) in [5.41, 5.74) is 5.46. The van der Waals surface area contributed by atoms with E-state index in [1.807, 2.05) is 25.9 Å². The highest BCUT2D eigenvalue weighted by Gasteiger charge is 2.24. The molecule has 1 unspecified atom stereocenters. The number of likely N-dealkylation sites (N-methyl/N-ethyl adjacent to an activating group) is 2. The van der Waals surface area contributed by atoms with E-state index in [2.05, 4.69) is 5.16 Å². The van der Waals surface area contributed by atoms with E-state index in [1.54, 1.807) is 11.9 Å². The molecule has 0 aromatic rings. The van der Waals surface area contributed by atoms with Crippen LogP contribution in [0.3, 0.4) is 0 Å². The van der Waals surface area contributed by atoms with Crippen LogP contribution < -0.4 is 5.73 Å². The normalized spacial score (nSPS) is 13.9. The zero-order valence-electron chi connectivity index (χ0n) is 10.5. The van der Waals surface area contributed by atoms with Crippen molar-refractivity contribution >= 4 is 11.7 Å². The summed E-state index contributed by atoms with van der Waals surface area (Å²) in [5.74, 6) is -0.666. The maximum Gasteiger partial charge on any atom is 0.233 e. The zero-order chi connectivity index (χ0) is 12.7. The summed E-state index contributed by atoms with van der Waals surface area (Å²) in [7, 11) is 5.61. The third-order valence-corrected chi connectivity index (χ3v) is 2.44. The third-order valence-electron chi connectivity index (χ3n) is 2.44. The number of nitrogens with zero attached hydrogens (tertiary/aromatic N) is 3. The second-order valence-corrected chi connectivity index (χ2v) is 4.05. The van der Waals surface area contributed by atoms with Gasteiger partial charge in [0.2, 0.25) is 5.91 Å². The Labute approximate surface area is 96.7 Å². The van der Waals surface area contributed by atoms with Gasteiger partial charge in [0, 0.05) is 20.1 Å². The number of hydrogen-bond acceptors (Lipinski definition) is 4. The molecule has 0 aliphatic heterocycles. The van der Waals surface area contributed by atoms with Gasteiger partial charge in [0.25, 0.3) is 0 Å². The predicted octanol–water partition coefficient (Wildman–Crippen LogP) is -0.221. The molecule has 0 rings (SSSR count). The summed E-state index contributed by atoms with van der Waals surface area (Å²) in [6.45, 7) is 3.25. The van der Waals surface area contributed by atoms with Crippen molar-refractivity contribution in [2.24, 2.45) is 16.8 Å². The fourth-order valence-corrected chi connectivity index (χ4v) is 1.31. The Kier molecular flexibility index (Phi) is 6.48. The second kappa shape index (κ2) is 7.05. The van der Waals surface area contributed by atoms with Crippen molar-refractivity contribution in [2.75, 3.05) is 34.2 Å². The second-order valence-electron chi connectivity index (χ2n) is 4.05. The van der Waals surface area contributed by atoms with Crippen LogP contribution in [-0.2, 0) is 4.79 Å². The Bertz CT molecular complexity index is 253. The Balaban J connectivity index is 4.39. The molecule has 0 aromatic heterocycles. The van der Waals surface area contributed by atoms with Crippen LogP contribution in [0.2, 0.25) is 0 Å². The number of carbonyl (C=O) groups excluding carboxylic acids is 1. The van der Waals surface area contributed by atoms with E-state index in [1.165, 1.54) is 0 Å². The van der Waals surface area contributed by atoms with Gasteiger partial charge in [-0.1, -0.05) is 12.1 Å². The molecule has 1 atom stereocenters. The van der Waals surface area contributed by atoms with E-state index in [4.69, 9.17) is 10.9 Å². The lowest BCUT2D eigenvalue weighted by Crippen LogP contribution is -2.42. The summed E-state index contributed by atoms with van der Waals surface area (Å²) in [4.78, 5) is 15.5. The van der Waals surface area contributed by atoms with Crippen molar-refractivity contribution in [1.82, 2.24) is 9.80 Å². The first-order chi connectivity index (χ1) is 7.43. The van der Waals surface area contributed by atoms with Crippen molar-refractivity contribution in [3.05, 3.63) is 0 Å². The van der Waals surface area contributed by atoms with Crippen LogP contribution in [0.25, 0.3) is 0 Å². The van der Waals surface area contributed by atoms with E-state index < -0.39 is 5.92 Å². The van der Waals surface area contributed by atoms with Gasteiger partial charge in [0.15, 0.2) is 5.84 Å². The lowest BCUT2D eigenvalue weighted by Gasteiger charge is -2.23. The molecule has 94 valence electrons. The van der Waals surface area contributed by atoms with Gasteiger partial charge in [0.05, 0.1) is 5.92 Å². The molecule has 0 radical (unpaired) electrons. The van der Waals surface area contributed by atoms with Crippen LogP contribution in [0.15, 0.2) is 5.16 Å². The largest absolute Gasteiger partial charge is 0.409 e. The summed E-state index contributed by atoms with van der Waals surface area (Å²) in [6.07, 6.45) is 0.529. The van der Waals surface area contributed by atoms with Crippen molar-refractivity contribution in [2.45, 2.75) is 13.3 Å². The SMILES string of the molecule is CCC(C(=O)N(C)CCN(C)C)C(N)=NO. The predicted molar refractivity (Wildman–Crippen MR) is 63.4 cm³/mol. The highest BCUT2D eigenvalue weighted by atomic mass is 16.4. The van der Waals surface area contributed by atoms with Crippen LogP contribution in [0.5, 0.6) is 0 Å². The summed E-state index contributed by atoms with van der Waals surface area (Å²) in [5, 5.41) is 11.5. The number of nitrogens with two attached hydrogens (primary N) is 1. The van der Waals surface area contributed by atoms with Crippen LogP contribution in [-0.4, -0.2) is 61.0 Å². The van der Waals surface area contributed by atoms with E-state index in [-0.39, 0.29) is 11.7 Å². The summed E-state index contributed by atoms with van der Waals surface area (Å²) in [6, 6.07) is 0. The van der Waals surface area contributed by atoms with Crippen molar-refractivity contribution in [3.63, 3.8) is 0 Å². The third kappa shape index (κ3) is 4.48. The molecule has 1 amide bonds. The highest BCUT2D eigenvalue weighted by Crippen LogP contribution is 2.07. The molecule has 0 aliphatic rings. The molecule has 0 aliphatic carbocycles. The first-order valence-electron chi connectivity index (χ1n) is 5.31. The molecule has 6 heteroatoms. The molecule has 16 heavy (non-hydrogen) atoms. The quantitative estimate of drug-likeness (QED) is 0.286. The van der Waals surface area contributed by atoms with Crippen LogP contribution in [0.4, 0.5) is 0 Å². The fraction of sp³-hybridized carbons (Fsp3) is 0.800. The van der Waals surface area contributed by atoms with Crippen molar-refractivity contribution in [3.8, 4) is 0 Å². The maximum absolute atomic E-state index is 11.9. The van der Waals surface area contributed by atoms with Gasteiger partial charge in [0.1, 0.15) is 0 Å². The minimum Gasteiger partial charge on any atom is -0.409 e. The number of hydrogen-bond donors (Lipinski definition) is 2. The topological polar surface area (TPSA) is 82.2 Å². The van der Waals surface area contributed by atoms with Gasteiger partial charge in [-0.3, -0.25) is 4.79 Å². The molecule has 0 bridgehead atoms. The minimum atomic E-state index is -0.530. The average Bonchev–Trinajstić information content (AvgIpc) is 2.26. The minimum absolute atomic E-state index is 0.0239. The maximum atomic E-state index is 11.9. The molecule has 0 heterocycles.